The summed E-state index contributed by atoms with van der Waals surface area (Å²) >= 11 is 0. The summed E-state index contributed by atoms with van der Waals surface area (Å²) < 4.78 is 2.19. The van der Waals surface area contributed by atoms with Crippen LogP contribution in [0.2, 0.25) is 0 Å². The molecule has 0 bridgehead atoms. The number of nitrogens with zero attached hydrogens (tertiary/aromatic N) is 5. The van der Waals surface area contributed by atoms with E-state index in [4.69, 9.17) is 0 Å². The topological polar surface area (TPSA) is 46.8 Å². The molecule has 0 aliphatic carbocycles. The first kappa shape index (κ1) is 15.2. The zero-order chi connectivity index (χ0) is 15.7. The summed E-state index contributed by atoms with van der Waals surface area (Å²) in [6.07, 6.45) is 3.04. The Balaban J connectivity index is 1.66. The maximum atomic E-state index is 4.68. The van der Waals surface area contributed by atoms with Crippen LogP contribution in [0.1, 0.15) is 55.1 Å². The molecule has 1 aliphatic rings. The Morgan fingerprint density at radius 3 is 2.82 bits per heavy atom. The molecule has 1 atom stereocenters. The van der Waals surface area contributed by atoms with E-state index in [0.717, 1.165) is 43.3 Å². The summed E-state index contributed by atoms with van der Waals surface area (Å²) in [5, 5.41) is 4.64. The van der Waals surface area contributed by atoms with Crippen molar-refractivity contribution in [1.29, 1.82) is 0 Å². The molecule has 118 valence electrons. The lowest BCUT2D eigenvalue weighted by Crippen LogP contribution is -2.23. The van der Waals surface area contributed by atoms with Gasteiger partial charge >= 0.3 is 0 Å². The highest BCUT2D eigenvalue weighted by molar-refractivity contribution is 5.09. The molecule has 0 saturated carbocycles. The van der Waals surface area contributed by atoms with Crippen molar-refractivity contribution in [2.45, 2.75) is 52.6 Å². The van der Waals surface area contributed by atoms with Crippen LogP contribution in [0.25, 0.3) is 0 Å². The molecule has 22 heavy (non-hydrogen) atoms. The molecular weight excluding hydrogens is 274 g/mol. The molecule has 0 N–H and O–H groups in total. The van der Waals surface area contributed by atoms with Crippen molar-refractivity contribution in [1.82, 2.24) is 24.6 Å². The van der Waals surface area contributed by atoms with Crippen molar-refractivity contribution >= 4 is 0 Å². The smallest absolute Gasteiger partial charge is 0.131 e. The van der Waals surface area contributed by atoms with Gasteiger partial charge in [0, 0.05) is 37.4 Å². The Hall–Kier alpha value is -1.75. The molecule has 2 aromatic heterocycles. The van der Waals surface area contributed by atoms with Gasteiger partial charge in [0.25, 0.3) is 0 Å². The molecule has 5 nitrogen and oxygen atoms in total. The molecular formula is C17H25N5. The molecule has 1 aliphatic heterocycles. The van der Waals surface area contributed by atoms with Gasteiger partial charge in [-0.2, -0.15) is 5.10 Å². The fourth-order valence-electron chi connectivity index (χ4n) is 3.18. The molecule has 3 rings (SSSR count). The van der Waals surface area contributed by atoms with Gasteiger partial charge in [-0.25, -0.2) is 9.97 Å². The van der Waals surface area contributed by atoms with Crippen molar-refractivity contribution in [2.24, 2.45) is 0 Å². The maximum Gasteiger partial charge on any atom is 0.131 e. The Labute approximate surface area is 132 Å². The van der Waals surface area contributed by atoms with Crippen molar-refractivity contribution in [3.05, 3.63) is 41.2 Å². The van der Waals surface area contributed by atoms with Crippen LogP contribution < -0.4 is 0 Å². The van der Waals surface area contributed by atoms with Crippen molar-refractivity contribution in [3.8, 4) is 0 Å². The van der Waals surface area contributed by atoms with Gasteiger partial charge in [0.15, 0.2) is 0 Å². The van der Waals surface area contributed by atoms with Crippen LogP contribution in [-0.2, 0) is 6.54 Å². The van der Waals surface area contributed by atoms with E-state index in [1.54, 1.807) is 0 Å². The minimum absolute atomic E-state index is 0.376. The highest BCUT2D eigenvalue weighted by atomic mass is 15.3. The lowest BCUT2D eigenvalue weighted by Gasteiger charge is -2.17. The van der Waals surface area contributed by atoms with Gasteiger partial charge in [0.05, 0.1) is 17.4 Å². The van der Waals surface area contributed by atoms with Crippen LogP contribution >= 0.6 is 0 Å². The van der Waals surface area contributed by atoms with Gasteiger partial charge in [-0.3, -0.25) is 9.58 Å². The maximum absolute atomic E-state index is 4.68. The van der Waals surface area contributed by atoms with E-state index >= 15 is 0 Å². The SMILES string of the molecule is Cc1cc(C)n([C@H]2CCN(Cc3ccnc(C(C)C)n3)C2)n1. The fraction of sp³-hybridized carbons (Fsp3) is 0.588. The lowest BCUT2D eigenvalue weighted by atomic mass is 10.2. The molecule has 3 heterocycles. The van der Waals surface area contributed by atoms with Crippen molar-refractivity contribution in [3.63, 3.8) is 0 Å². The summed E-state index contributed by atoms with van der Waals surface area (Å²) in [4.78, 5) is 11.5. The third-order valence-electron chi connectivity index (χ3n) is 4.27. The van der Waals surface area contributed by atoms with Gasteiger partial charge in [0.2, 0.25) is 0 Å². The van der Waals surface area contributed by atoms with E-state index in [9.17, 15) is 0 Å². The standard InChI is InChI=1S/C17H25N5/c1-12(2)17-18-7-5-15(19-17)10-21-8-6-16(11-21)22-14(4)9-13(3)20-22/h5,7,9,12,16H,6,8,10-11H2,1-4H3/t16-/m0/s1. The van der Waals surface area contributed by atoms with E-state index in [-0.39, 0.29) is 0 Å². The Bertz CT molecular complexity index is 646. The van der Waals surface area contributed by atoms with E-state index in [1.165, 1.54) is 5.69 Å². The third-order valence-corrected chi connectivity index (χ3v) is 4.27. The molecule has 2 aromatic rings. The van der Waals surface area contributed by atoms with Crippen LogP contribution in [0.4, 0.5) is 0 Å². The zero-order valence-corrected chi connectivity index (χ0v) is 14.0. The summed E-state index contributed by atoms with van der Waals surface area (Å²) in [6.45, 7) is 11.5. The minimum atomic E-state index is 0.376. The lowest BCUT2D eigenvalue weighted by molar-refractivity contribution is 0.306. The molecule has 0 amide bonds. The number of hydrogen-bond donors (Lipinski definition) is 0. The second-order valence-corrected chi connectivity index (χ2v) is 6.61. The Morgan fingerprint density at radius 2 is 2.14 bits per heavy atom. The van der Waals surface area contributed by atoms with Crippen LogP contribution in [0.5, 0.6) is 0 Å². The summed E-state index contributed by atoms with van der Waals surface area (Å²) in [6, 6.07) is 4.67. The first-order chi connectivity index (χ1) is 10.5. The zero-order valence-electron chi connectivity index (χ0n) is 14.0. The van der Waals surface area contributed by atoms with Crippen LogP contribution in [0.3, 0.4) is 0 Å². The van der Waals surface area contributed by atoms with Crippen molar-refractivity contribution in [2.75, 3.05) is 13.1 Å². The molecule has 0 aromatic carbocycles. The van der Waals surface area contributed by atoms with Gasteiger partial charge in [0.1, 0.15) is 5.82 Å². The average molecular weight is 299 g/mol. The van der Waals surface area contributed by atoms with Gasteiger partial charge in [-0.15, -0.1) is 0 Å². The van der Waals surface area contributed by atoms with E-state index < -0.39 is 0 Å². The quantitative estimate of drug-likeness (QED) is 0.871. The normalized spacial score (nSPS) is 19.2. The molecule has 1 fully saturated rings. The first-order valence-electron chi connectivity index (χ1n) is 8.10. The number of rotatable bonds is 4. The van der Waals surface area contributed by atoms with E-state index in [2.05, 4.69) is 58.4 Å². The Kier molecular flexibility index (Phi) is 4.25. The summed E-state index contributed by atoms with van der Waals surface area (Å²) in [5.74, 6) is 1.31. The van der Waals surface area contributed by atoms with Crippen LogP contribution in [0, 0.1) is 13.8 Å². The van der Waals surface area contributed by atoms with Crippen LogP contribution in [-0.4, -0.2) is 37.7 Å². The number of likely N-dealkylation sites (tertiary alicyclic amines) is 1. The van der Waals surface area contributed by atoms with Gasteiger partial charge in [-0.1, -0.05) is 13.8 Å². The van der Waals surface area contributed by atoms with E-state index in [1.807, 2.05) is 12.3 Å². The molecule has 0 radical (unpaired) electrons. The third kappa shape index (κ3) is 3.19. The van der Waals surface area contributed by atoms with Gasteiger partial charge < -0.3 is 0 Å². The fourth-order valence-corrected chi connectivity index (χ4v) is 3.18. The number of aromatic nitrogens is 4. The molecule has 0 spiro atoms. The predicted octanol–water partition coefficient (Wildman–Crippen LogP) is 2.86. The number of aryl methyl sites for hydroxylation is 2. The monoisotopic (exact) mass is 299 g/mol. The largest absolute Gasteiger partial charge is 0.295 e. The second kappa shape index (κ2) is 6.16. The Morgan fingerprint density at radius 1 is 1.32 bits per heavy atom. The van der Waals surface area contributed by atoms with Crippen LogP contribution in [0.15, 0.2) is 18.3 Å². The van der Waals surface area contributed by atoms with Gasteiger partial charge in [-0.05, 0) is 32.4 Å². The highest BCUT2D eigenvalue weighted by Gasteiger charge is 2.25. The molecule has 5 heteroatoms. The highest BCUT2D eigenvalue weighted by Crippen LogP contribution is 2.24. The number of hydrogen-bond acceptors (Lipinski definition) is 4. The summed E-state index contributed by atoms with van der Waals surface area (Å²) in [5.41, 5.74) is 3.48. The van der Waals surface area contributed by atoms with E-state index in [0.29, 0.717) is 12.0 Å². The molecule has 1 saturated heterocycles. The van der Waals surface area contributed by atoms with Crippen molar-refractivity contribution < 1.29 is 0 Å². The summed E-state index contributed by atoms with van der Waals surface area (Å²) in [7, 11) is 0. The molecule has 0 unspecified atom stereocenters. The minimum Gasteiger partial charge on any atom is -0.295 e. The average Bonchev–Trinajstić information content (AvgIpc) is 3.05. The first-order valence-corrected chi connectivity index (χ1v) is 8.10. The predicted molar refractivity (Wildman–Crippen MR) is 86.8 cm³/mol. The second-order valence-electron chi connectivity index (χ2n) is 6.61.